The lowest BCUT2D eigenvalue weighted by Gasteiger charge is -2.30. The molecule has 0 aliphatic carbocycles. The first-order chi connectivity index (χ1) is 24.0. The summed E-state index contributed by atoms with van der Waals surface area (Å²) < 4.78 is 23.1. The molecule has 0 fully saturated rings. The minimum atomic E-state index is -1.53. The quantitative estimate of drug-likeness (QED) is 0.0401. The van der Waals surface area contributed by atoms with Crippen molar-refractivity contribution in [3.05, 3.63) is 136 Å². The number of hydrazine groups is 1. The van der Waals surface area contributed by atoms with Gasteiger partial charge in [-0.3, -0.25) is 10.2 Å². The van der Waals surface area contributed by atoms with E-state index in [0.717, 1.165) is 11.1 Å². The topological polar surface area (TPSA) is 159 Å². The van der Waals surface area contributed by atoms with Crippen LogP contribution in [0.25, 0.3) is 16.5 Å². The van der Waals surface area contributed by atoms with Gasteiger partial charge >= 0.3 is 0 Å². The maximum Gasteiger partial charge on any atom is 0.266 e. The Morgan fingerprint density at radius 2 is 1.78 bits per heavy atom. The zero-order chi connectivity index (χ0) is 34.5. The third kappa shape index (κ3) is 8.38. The van der Waals surface area contributed by atoms with Gasteiger partial charge in [0, 0.05) is 59.3 Å². The van der Waals surface area contributed by atoms with Crippen molar-refractivity contribution in [3.63, 3.8) is 0 Å². The highest BCUT2D eigenvalue weighted by Gasteiger charge is 2.53. The van der Waals surface area contributed by atoms with E-state index in [0.29, 0.717) is 47.1 Å². The molecule has 2 atom stereocenters. The van der Waals surface area contributed by atoms with Gasteiger partial charge in [-0.1, -0.05) is 77.9 Å². The van der Waals surface area contributed by atoms with Crippen molar-refractivity contribution >= 4 is 23.6 Å². The monoisotopic (exact) mass is 662 g/mol. The van der Waals surface area contributed by atoms with Gasteiger partial charge in [0.05, 0.1) is 20.8 Å². The molecule has 0 saturated heterocycles. The van der Waals surface area contributed by atoms with Crippen molar-refractivity contribution in [1.82, 2.24) is 10.9 Å². The Morgan fingerprint density at radius 1 is 1.02 bits per heavy atom. The van der Waals surface area contributed by atoms with Crippen LogP contribution in [0.2, 0.25) is 0 Å². The number of nitrogens with zero attached hydrogens (tertiary/aromatic N) is 4. The van der Waals surface area contributed by atoms with Crippen molar-refractivity contribution < 1.29 is 28.8 Å². The highest BCUT2D eigenvalue weighted by atomic mass is 16.5. The number of aliphatic hydroxyl groups is 1. The van der Waals surface area contributed by atoms with E-state index in [1.54, 1.807) is 68.8 Å². The molecule has 4 aromatic rings. The van der Waals surface area contributed by atoms with Crippen LogP contribution in [0.15, 0.2) is 113 Å². The molecule has 252 valence electrons. The number of hydrogen-bond acceptors (Lipinski definition) is 9. The Balaban J connectivity index is 1.53. The molecule has 0 bridgehead atoms. The molecule has 12 nitrogen and oxygen atoms in total. The fourth-order valence-corrected chi connectivity index (χ4v) is 5.41. The van der Waals surface area contributed by atoms with Gasteiger partial charge in [-0.25, -0.2) is 10.4 Å². The van der Waals surface area contributed by atoms with Crippen LogP contribution in [0.4, 0.5) is 5.69 Å². The summed E-state index contributed by atoms with van der Waals surface area (Å²) in [4.78, 5) is 22.5. The third-order valence-electron chi connectivity index (χ3n) is 7.92. The summed E-state index contributed by atoms with van der Waals surface area (Å²) in [6, 6.07) is 29.3. The van der Waals surface area contributed by atoms with Crippen molar-refractivity contribution in [2.24, 2.45) is 10.1 Å². The molecule has 0 unspecified atom stereocenters. The number of aliphatic imine (C=N–C) groups is 1. The van der Waals surface area contributed by atoms with Crippen molar-refractivity contribution in [1.29, 1.82) is 0 Å². The van der Waals surface area contributed by atoms with Crippen molar-refractivity contribution in [3.8, 4) is 17.2 Å². The fraction of sp³-hybridized carbons (Fsp3) is 0.243. The Kier molecular flexibility index (Phi) is 11.9. The number of carbonyl (C=O) groups is 1. The minimum absolute atomic E-state index is 0.0345. The van der Waals surface area contributed by atoms with E-state index in [1.165, 1.54) is 0 Å². The van der Waals surface area contributed by atoms with Crippen LogP contribution in [-0.4, -0.2) is 49.9 Å². The molecule has 1 amide bonds. The molecule has 3 N–H and O–H groups in total. The molecule has 0 aromatic heterocycles. The molecule has 0 spiro atoms. The zero-order valence-electron chi connectivity index (χ0n) is 27.3. The summed E-state index contributed by atoms with van der Waals surface area (Å²) in [5, 5.41) is 13.0. The summed E-state index contributed by atoms with van der Waals surface area (Å²) >= 11 is 0. The highest BCUT2D eigenvalue weighted by molar-refractivity contribution is 6.01. The standard InChI is InChI=1S/C37H38N6O6/c1-46-30-20-17-28(33(24-30)47-2)25-39-42-36(45)37(21-8-12-26-10-4-3-5-11-26)34(31-13-6-7-14-32(31)41-43-38)49-35(40-37)27-15-18-29(19-16-27)48-23-9-22-44/h3-8,10-20,24,34,39,44H,9,21-23,25H2,1-2H3,(H,42,45)/b12-8+/t34-,37-/m0/s1. The van der Waals surface area contributed by atoms with Gasteiger partial charge in [0.2, 0.25) is 5.90 Å². The van der Waals surface area contributed by atoms with Gasteiger partial charge in [-0.2, -0.15) is 0 Å². The molecular weight excluding hydrogens is 624 g/mol. The minimum Gasteiger partial charge on any atom is -0.497 e. The van der Waals surface area contributed by atoms with Gasteiger partial charge in [-0.05, 0) is 41.4 Å². The van der Waals surface area contributed by atoms with Crippen LogP contribution in [0.5, 0.6) is 17.2 Å². The lowest BCUT2D eigenvalue weighted by atomic mass is 9.83. The van der Waals surface area contributed by atoms with Gasteiger partial charge in [-0.15, -0.1) is 0 Å². The largest absolute Gasteiger partial charge is 0.497 e. The van der Waals surface area contributed by atoms with Crippen LogP contribution in [0.1, 0.15) is 41.2 Å². The van der Waals surface area contributed by atoms with Crippen LogP contribution in [0, 0.1) is 0 Å². The molecule has 12 heteroatoms. The first kappa shape index (κ1) is 34.5. The molecule has 1 heterocycles. The van der Waals surface area contributed by atoms with Gasteiger partial charge in [0.1, 0.15) is 17.2 Å². The van der Waals surface area contributed by atoms with E-state index in [2.05, 4.69) is 20.9 Å². The number of aliphatic hydroxyl groups excluding tert-OH is 1. The van der Waals surface area contributed by atoms with Crippen LogP contribution in [-0.2, 0) is 16.1 Å². The summed E-state index contributed by atoms with van der Waals surface area (Å²) in [5.74, 6) is 1.63. The number of methoxy groups -OCH3 is 2. The van der Waals surface area contributed by atoms with Crippen molar-refractivity contribution in [2.45, 2.75) is 31.0 Å². The summed E-state index contributed by atoms with van der Waals surface area (Å²) in [6.45, 7) is 0.648. The number of amides is 1. The number of rotatable bonds is 16. The Labute approximate surface area is 284 Å². The second-order valence-corrected chi connectivity index (χ2v) is 11.0. The molecule has 0 radical (unpaired) electrons. The van der Waals surface area contributed by atoms with Crippen molar-refractivity contribution in [2.75, 3.05) is 27.4 Å². The number of ether oxygens (including phenoxy) is 4. The predicted octanol–water partition coefficient (Wildman–Crippen LogP) is 6.59. The van der Waals surface area contributed by atoms with Crippen LogP contribution >= 0.6 is 0 Å². The predicted molar refractivity (Wildman–Crippen MR) is 187 cm³/mol. The maximum absolute atomic E-state index is 14.5. The maximum atomic E-state index is 14.5. The Hall–Kier alpha value is -5.81. The molecule has 49 heavy (non-hydrogen) atoms. The number of hydrogen-bond donors (Lipinski definition) is 3. The average molecular weight is 663 g/mol. The first-order valence-corrected chi connectivity index (χ1v) is 15.7. The Morgan fingerprint density at radius 3 is 2.51 bits per heavy atom. The molecule has 5 rings (SSSR count). The summed E-state index contributed by atoms with van der Waals surface area (Å²) in [5.41, 5.74) is 16.9. The number of benzene rings is 4. The normalized spacial score (nSPS) is 16.7. The van der Waals surface area contributed by atoms with E-state index < -0.39 is 17.6 Å². The highest BCUT2D eigenvalue weighted by Crippen LogP contribution is 2.45. The third-order valence-corrected chi connectivity index (χ3v) is 7.92. The van der Waals surface area contributed by atoms with E-state index in [9.17, 15) is 10.3 Å². The SMILES string of the molecule is COc1ccc(CNNC(=O)[C@@]2(C/C=C/c3ccccc3)N=C(c3ccc(OCCCO)cc3)O[C@H]2c2ccccc2N=[N+]=[N-])c(OC)c1. The zero-order valence-corrected chi connectivity index (χ0v) is 27.3. The second kappa shape index (κ2) is 16.8. The molecule has 4 aromatic carbocycles. The van der Waals surface area contributed by atoms with E-state index in [1.807, 2.05) is 54.6 Å². The van der Waals surface area contributed by atoms with E-state index >= 15 is 0 Å². The number of carbonyl (C=O) groups excluding carboxylic acids is 1. The number of azide groups is 1. The first-order valence-electron chi connectivity index (χ1n) is 15.7. The van der Waals surface area contributed by atoms with Crippen LogP contribution in [0.3, 0.4) is 0 Å². The average Bonchev–Trinajstić information content (AvgIpc) is 3.53. The van der Waals surface area contributed by atoms with E-state index in [4.69, 9.17) is 29.0 Å². The Bertz CT molecular complexity index is 1830. The smallest absolute Gasteiger partial charge is 0.266 e. The fourth-order valence-electron chi connectivity index (χ4n) is 5.41. The molecule has 1 aliphatic heterocycles. The lowest BCUT2D eigenvalue weighted by Crippen LogP contribution is -2.52. The van der Waals surface area contributed by atoms with Gasteiger partial charge < -0.3 is 24.1 Å². The number of nitrogens with one attached hydrogen (secondary N) is 2. The summed E-state index contributed by atoms with van der Waals surface area (Å²) in [6.07, 6.45) is 3.49. The summed E-state index contributed by atoms with van der Waals surface area (Å²) in [7, 11) is 3.14. The second-order valence-electron chi connectivity index (χ2n) is 11.0. The molecule has 1 aliphatic rings. The molecular formula is C37H38N6O6. The van der Waals surface area contributed by atoms with E-state index in [-0.39, 0.29) is 25.5 Å². The molecule has 0 saturated carbocycles. The lowest BCUT2D eigenvalue weighted by molar-refractivity contribution is -0.129. The van der Waals surface area contributed by atoms with Gasteiger partial charge in [0.15, 0.2) is 11.6 Å². The van der Waals surface area contributed by atoms with Crippen LogP contribution < -0.4 is 25.1 Å². The van der Waals surface area contributed by atoms with Gasteiger partial charge in [0.25, 0.3) is 5.91 Å².